The first-order chi connectivity index (χ1) is 16.2. The van der Waals surface area contributed by atoms with E-state index in [4.69, 9.17) is 4.74 Å². The van der Waals surface area contributed by atoms with Crippen LogP contribution in [0.3, 0.4) is 0 Å². The maximum Gasteiger partial charge on any atom is 0.254 e. The summed E-state index contributed by atoms with van der Waals surface area (Å²) in [4.78, 5) is 18.2. The van der Waals surface area contributed by atoms with Crippen LogP contribution in [0.15, 0.2) is 42.5 Å². The van der Waals surface area contributed by atoms with Gasteiger partial charge in [-0.3, -0.25) is 9.69 Å². The van der Waals surface area contributed by atoms with Gasteiger partial charge in [-0.1, -0.05) is 45.0 Å². The fourth-order valence-electron chi connectivity index (χ4n) is 6.65. The molecule has 2 aromatic rings. The Balaban J connectivity index is 1.33. The van der Waals surface area contributed by atoms with Gasteiger partial charge in [-0.25, -0.2) is 0 Å². The number of likely N-dealkylation sites (tertiary alicyclic amines) is 2. The van der Waals surface area contributed by atoms with Crippen molar-refractivity contribution >= 4 is 5.91 Å². The van der Waals surface area contributed by atoms with E-state index < -0.39 is 0 Å². The lowest BCUT2D eigenvalue weighted by Gasteiger charge is -2.60. The quantitative estimate of drug-likeness (QED) is 0.712. The number of methoxy groups -OCH3 is 1. The van der Waals surface area contributed by atoms with Crippen LogP contribution >= 0.6 is 0 Å². The molecule has 2 aliphatic heterocycles. The van der Waals surface area contributed by atoms with Crippen molar-refractivity contribution in [2.24, 2.45) is 5.41 Å². The van der Waals surface area contributed by atoms with Gasteiger partial charge in [-0.05, 0) is 66.0 Å². The summed E-state index contributed by atoms with van der Waals surface area (Å²) in [5.74, 6) is 0.462. The van der Waals surface area contributed by atoms with Gasteiger partial charge in [0, 0.05) is 50.3 Å². The highest BCUT2D eigenvalue weighted by Crippen LogP contribution is 2.57. The minimum Gasteiger partial charge on any atom is -0.508 e. The Hall–Kier alpha value is -2.37. The summed E-state index contributed by atoms with van der Waals surface area (Å²) < 4.78 is 5.48. The number of hydrogen-bond acceptors (Lipinski definition) is 4. The maximum absolute atomic E-state index is 13.7. The highest BCUT2D eigenvalue weighted by molar-refractivity contribution is 5.94. The third-order valence-electron chi connectivity index (χ3n) is 9.36. The zero-order valence-corrected chi connectivity index (χ0v) is 21.0. The highest BCUT2D eigenvalue weighted by Gasteiger charge is 2.57. The zero-order valence-electron chi connectivity index (χ0n) is 21.0. The second-order valence-electron chi connectivity index (χ2n) is 11.2. The number of carbonyl (C=O) groups excluding carboxylic acids is 1. The molecule has 1 N–H and O–H groups in total. The molecule has 2 fully saturated rings. The first-order valence-corrected chi connectivity index (χ1v) is 12.7. The van der Waals surface area contributed by atoms with Crippen molar-refractivity contribution in [2.45, 2.75) is 70.6 Å². The molecule has 0 saturated carbocycles. The SMILES string of the molecule is COC1CCN(Cc2ccc(C(=O)N3CC[C@@]4(C)c5cccc(O)c5CC3C4(C)C)cc2)CC1. The molecule has 5 heteroatoms. The largest absolute Gasteiger partial charge is 0.508 e. The van der Waals surface area contributed by atoms with Gasteiger partial charge in [-0.2, -0.15) is 0 Å². The van der Waals surface area contributed by atoms with Crippen molar-refractivity contribution in [1.29, 1.82) is 0 Å². The fraction of sp³-hybridized carbons (Fsp3) is 0.552. The first-order valence-electron chi connectivity index (χ1n) is 12.7. The van der Waals surface area contributed by atoms with Crippen molar-refractivity contribution in [3.8, 4) is 5.75 Å². The predicted octanol–water partition coefficient (Wildman–Crippen LogP) is 4.76. The first kappa shape index (κ1) is 23.4. The number of benzene rings is 2. The molecule has 2 heterocycles. The summed E-state index contributed by atoms with van der Waals surface area (Å²) in [6.45, 7) is 10.7. The molecule has 1 amide bonds. The number of nitrogens with zero attached hydrogens (tertiary/aromatic N) is 2. The van der Waals surface area contributed by atoms with Crippen LogP contribution in [0, 0.1) is 5.41 Å². The summed E-state index contributed by atoms with van der Waals surface area (Å²) in [6.07, 6.45) is 4.15. The standard InChI is InChI=1S/C29H38N2O3/c1-28(2)26-18-23-24(6-5-7-25(23)32)29(28,3)14-17-31(26)27(33)21-10-8-20(9-11-21)19-30-15-12-22(34-4)13-16-30/h5-11,22,26,32H,12-19H2,1-4H3/t26?,29-/m0/s1. The molecular weight excluding hydrogens is 424 g/mol. The Kier molecular flexibility index (Phi) is 5.97. The summed E-state index contributed by atoms with van der Waals surface area (Å²) in [7, 11) is 1.80. The number of amides is 1. The molecular formula is C29H38N2O3. The van der Waals surface area contributed by atoms with Crippen LogP contribution in [0.25, 0.3) is 0 Å². The number of ether oxygens (including phenoxy) is 1. The molecule has 2 aromatic carbocycles. The van der Waals surface area contributed by atoms with Crippen LogP contribution in [0.4, 0.5) is 0 Å². The minimum absolute atomic E-state index is 0.0568. The van der Waals surface area contributed by atoms with Crippen LogP contribution < -0.4 is 0 Å². The molecule has 2 saturated heterocycles. The molecule has 1 unspecified atom stereocenters. The van der Waals surface area contributed by atoms with E-state index in [1.807, 2.05) is 18.2 Å². The summed E-state index contributed by atoms with van der Waals surface area (Å²) in [6, 6.07) is 14.2. The molecule has 1 aliphatic carbocycles. The van der Waals surface area contributed by atoms with Crippen molar-refractivity contribution in [3.05, 3.63) is 64.7 Å². The van der Waals surface area contributed by atoms with E-state index in [-0.39, 0.29) is 22.8 Å². The molecule has 0 spiro atoms. The maximum atomic E-state index is 13.7. The predicted molar refractivity (Wildman–Crippen MR) is 134 cm³/mol. The lowest BCUT2D eigenvalue weighted by Crippen LogP contribution is -2.64. The topological polar surface area (TPSA) is 53.0 Å². The number of phenolic OH excluding ortho intramolecular Hbond substituents is 1. The molecule has 0 aromatic heterocycles. The van der Waals surface area contributed by atoms with E-state index in [1.165, 1.54) is 11.1 Å². The van der Waals surface area contributed by atoms with Gasteiger partial charge in [0.05, 0.1) is 6.10 Å². The molecule has 2 bridgehead atoms. The smallest absolute Gasteiger partial charge is 0.254 e. The summed E-state index contributed by atoms with van der Waals surface area (Å²) >= 11 is 0. The van der Waals surface area contributed by atoms with E-state index in [2.05, 4.69) is 48.8 Å². The third-order valence-corrected chi connectivity index (χ3v) is 9.36. The summed E-state index contributed by atoms with van der Waals surface area (Å²) in [5.41, 5.74) is 4.11. The van der Waals surface area contributed by atoms with E-state index in [1.54, 1.807) is 13.2 Å². The summed E-state index contributed by atoms with van der Waals surface area (Å²) in [5, 5.41) is 10.6. The van der Waals surface area contributed by atoms with Gasteiger partial charge >= 0.3 is 0 Å². The Morgan fingerprint density at radius 2 is 1.76 bits per heavy atom. The van der Waals surface area contributed by atoms with Gasteiger partial charge in [0.15, 0.2) is 0 Å². The number of rotatable bonds is 4. The minimum atomic E-state index is -0.0873. The second kappa shape index (κ2) is 8.69. The van der Waals surface area contributed by atoms with Crippen LogP contribution in [-0.2, 0) is 23.1 Å². The lowest BCUT2D eigenvalue weighted by atomic mass is 9.51. The molecule has 0 radical (unpaired) electrons. The van der Waals surface area contributed by atoms with Crippen molar-refractivity contribution < 1.29 is 14.6 Å². The average Bonchev–Trinajstić information content (AvgIpc) is 2.82. The molecule has 34 heavy (non-hydrogen) atoms. The number of aromatic hydroxyl groups is 1. The van der Waals surface area contributed by atoms with E-state index >= 15 is 0 Å². The van der Waals surface area contributed by atoms with E-state index in [0.29, 0.717) is 18.3 Å². The molecule has 5 nitrogen and oxygen atoms in total. The Bertz CT molecular complexity index is 1060. The normalized spacial score (nSPS) is 26.8. The second-order valence-corrected chi connectivity index (χ2v) is 11.2. The molecule has 2 atom stereocenters. The van der Waals surface area contributed by atoms with Crippen molar-refractivity contribution in [3.63, 3.8) is 0 Å². The molecule has 3 aliphatic rings. The van der Waals surface area contributed by atoms with Crippen LogP contribution in [0.1, 0.15) is 67.1 Å². The Morgan fingerprint density at radius 1 is 1.06 bits per heavy atom. The van der Waals surface area contributed by atoms with Crippen LogP contribution in [-0.4, -0.2) is 59.7 Å². The zero-order chi connectivity index (χ0) is 24.1. The Labute approximate surface area is 203 Å². The molecule has 5 rings (SSSR count). The van der Waals surface area contributed by atoms with E-state index in [0.717, 1.165) is 56.6 Å². The number of carbonyl (C=O) groups is 1. The van der Waals surface area contributed by atoms with Gasteiger partial charge in [0.1, 0.15) is 5.75 Å². The van der Waals surface area contributed by atoms with Crippen LogP contribution in [0.2, 0.25) is 0 Å². The number of fused-ring (bicyclic) bond motifs is 4. The van der Waals surface area contributed by atoms with E-state index in [9.17, 15) is 9.90 Å². The number of piperidine rings is 2. The van der Waals surface area contributed by atoms with Gasteiger partial charge in [0.2, 0.25) is 0 Å². The van der Waals surface area contributed by atoms with Crippen LogP contribution in [0.5, 0.6) is 5.75 Å². The fourth-order valence-corrected chi connectivity index (χ4v) is 6.65. The van der Waals surface area contributed by atoms with Crippen molar-refractivity contribution in [2.75, 3.05) is 26.7 Å². The highest BCUT2D eigenvalue weighted by atomic mass is 16.5. The van der Waals surface area contributed by atoms with Crippen molar-refractivity contribution in [1.82, 2.24) is 9.80 Å². The average molecular weight is 463 g/mol. The number of hydrogen-bond donors (Lipinski definition) is 1. The van der Waals surface area contributed by atoms with Gasteiger partial charge in [0.25, 0.3) is 5.91 Å². The van der Waals surface area contributed by atoms with Gasteiger partial charge in [-0.15, -0.1) is 0 Å². The third kappa shape index (κ3) is 3.74. The number of phenols is 1. The Morgan fingerprint density at radius 3 is 2.44 bits per heavy atom. The molecule has 182 valence electrons. The van der Waals surface area contributed by atoms with Gasteiger partial charge < -0.3 is 14.7 Å². The monoisotopic (exact) mass is 462 g/mol. The lowest BCUT2D eigenvalue weighted by molar-refractivity contribution is -0.0266.